The Kier molecular flexibility index (Phi) is 3.66. The van der Waals surface area contributed by atoms with E-state index in [1.54, 1.807) is 23.2 Å². The van der Waals surface area contributed by atoms with Crippen molar-refractivity contribution in [1.82, 2.24) is 19.9 Å². The molecule has 1 aromatic carbocycles. The highest BCUT2D eigenvalue weighted by Crippen LogP contribution is 2.17. The second-order valence-corrected chi connectivity index (χ2v) is 5.17. The molecule has 1 aliphatic rings. The summed E-state index contributed by atoms with van der Waals surface area (Å²) in [5, 5.41) is 7.83. The Balaban J connectivity index is 1.75. The van der Waals surface area contributed by atoms with Gasteiger partial charge in [0.1, 0.15) is 5.82 Å². The Morgan fingerprint density at radius 2 is 2.14 bits per heavy atom. The average molecular weight is 289 g/mol. The van der Waals surface area contributed by atoms with Crippen molar-refractivity contribution < 1.29 is 9.18 Å². The van der Waals surface area contributed by atoms with E-state index in [0.717, 1.165) is 6.42 Å². The van der Waals surface area contributed by atoms with E-state index in [2.05, 4.69) is 10.3 Å². The zero-order valence-electron chi connectivity index (χ0n) is 11.4. The van der Waals surface area contributed by atoms with Crippen LogP contribution in [0.25, 0.3) is 5.69 Å². The number of halogens is 1. The van der Waals surface area contributed by atoms with Crippen LogP contribution in [0.4, 0.5) is 4.39 Å². The van der Waals surface area contributed by atoms with Gasteiger partial charge in [-0.3, -0.25) is 4.79 Å². The lowest BCUT2D eigenvalue weighted by molar-refractivity contribution is 0.0781. The summed E-state index contributed by atoms with van der Waals surface area (Å²) in [6, 6.07) is 5.84. The van der Waals surface area contributed by atoms with Crippen LogP contribution in [0.2, 0.25) is 0 Å². The van der Waals surface area contributed by atoms with Gasteiger partial charge in [-0.05, 0) is 43.1 Å². The molecule has 3 rings (SSSR count). The molecule has 2 aromatic rings. The first-order valence-electron chi connectivity index (χ1n) is 6.85. The van der Waals surface area contributed by atoms with Gasteiger partial charge in [-0.1, -0.05) is 5.21 Å². The molecule has 0 unspecified atom stereocenters. The number of aromatic nitrogens is 3. The second kappa shape index (κ2) is 5.61. The summed E-state index contributed by atoms with van der Waals surface area (Å²) < 4.78 is 14.4. The van der Waals surface area contributed by atoms with Crippen molar-refractivity contribution in [2.75, 3.05) is 19.6 Å². The van der Waals surface area contributed by atoms with Gasteiger partial charge in [0.2, 0.25) is 0 Å². The lowest BCUT2D eigenvalue weighted by Gasteiger charge is -2.13. The predicted molar refractivity (Wildman–Crippen MR) is 74.4 cm³/mol. The van der Waals surface area contributed by atoms with Crippen molar-refractivity contribution in [2.45, 2.75) is 6.42 Å². The number of carbonyl (C=O) groups is 1. The molecular weight excluding hydrogens is 273 g/mol. The summed E-state index contributed by atoms with van der Waals surface area (Å²) in [7, 11) is 0. The van der Waals surface area contributed by atoms with Gasteiger partial charge in [0, 0.05) is 13.1 Å². The van der Waals surface area contributed by atoms with Gasteiger partial charge in [0.05, 0.1) is 11.9 Å². The minimum atomic E-state index is -0.319. The van der Waals surface area contributed by atoms with Crippen LogP contribution in [0, 0.1) is 11.7 Å². The Morgan fingerprint density at radius 3 is 2.81 bits per heavy atom. The van der Waals surface area contributed by atoms with Crippen LogP contribution in [-0.4, -0.2) is 45.4 Å². The van der Waals surface area contributed by atoms with Crippen LogP contribution in [0.3, 0.4) is 0 Å². The van der Waals surface area contributed by atoms with Gasteiger partial charge >= 0.3 is 0 Å². The molecule has 0 saturated carbocycles. The van der Waals surface area contributed by atoms with E-state index >= 15 is 0 Å². The quantitative estimate of drug-likeness (QED) is 0.908. The van der Waals surface area contributed by atoms with Crippen molar-refractivity contribution in [2.24, 2.45) is 11.7 Å². The van der Waals surface area contributed by atoms with Crippen molar-refractivity contribution in [1.29, 1.82) is 0 Å². The first-order chi connectivity index (χ1) is 10.2. The lowest BCUT2D eigenvalue weighted by atomic mass is 10.1. The number of benzene rings is 1. The van der Waals surface area contributed by atoms with Gasteiger partial charge in [-0.2, -0.15) is 0 Å². The maximum atomic E-state index is 12.9. The van der Waals surface area contributed by atoms with E-state index in [9.17, 15) is 9.18 Å². The summed E-state index contributed by atoms with van der Waals surface area (Å²) >= 11 is 0. The van der Waals surface area contributed by atoms with Crippen molar-refractivity contribution in [3.05, 3.63) is 42.0 Å². The smallest absolute Gasteiger partial charge is 0.276 e. The standard InChI is InChI=1S/C14H16FN5O/c15-11-1-3-12(4-2-11)20-9-13(17-18-20)14(21)19-6-5-10(7-16)8-19/h1-4,9-10H,5-8,16H2/t10-/m0/s1. The molecule has 1 atom stereocenters. The van der Waals surface area contributed by atoms with Crippen LogP contribution in [-0.2, 0) is 0 Å². The minimum absolute atomic E-state index is 0.140. The fourth-order valence-corrected chi connectivity index (χ4v) is 2.45. The first-order valence-corrected chi connectivity index (χ1v) is 6.85. The monoisotopic (exact) mass is 289 g/mol. The summed E-state index contributed by atoms with van der Waals surface area (Å²) in [5.74, 6) is -0.0968. The number of nitrogens with two attached hydrogens (primary N) is 1. The molecule has 1 saturated heterocycles. The number of rotatable bonds is 3. The van der Waals surface area contributed by atoms with E-state index < -0.39 is 0 Å². The highest BCUT2D eigenvalue weighted by Gasteiger charge is 2.27. The van der Waals surface area contributed by atoms with Crippen molar-refractivity contribution in [3.63, 3.8) is 0 Å². The summed E-state index contributed by atoms with van der Waals surface area (Å²) in [6.45, 7) is 1.95. The number of carbonyl (C=O) groups excluding carboxylic acids is 1. The van der Waals surface area contributed by atoms with Crippen LogP contribution < -0.4 is 5.73 Å². The van der Waals surface area contributed by atoms with Crippen LogP contribution in [0.15, 0.2) is 30.5 Å². The third-order valence-electron chi connectivity index (χ3n) is 3.71. The molecule has 0 bridgehead atoms. The molecule has 1 fully saturated rings. The van der Waals surface area contributed by atoms with E-state index in [1.165, 1.54) is 16.8 Å². The number of hydrogen-bond donors (Lipinski definition) is 1. The van der Waals surface area contributed by atoms with Crippen molar-refractivity contribution in [3.8, 4) is 5.69 Å². The molecule has 1 amide bonds. The molecule has 110 valence electrons. The maximum Gasteiger partial charge on any atom is 0.276 e. The molecule has 1 aliphatic heterocycles. The van der Waals surface area contributed by atoms with E-state index in [1.807, 2.05) is 0 Å². The Bertz CT molecular complexity index is 639. The fourth-order valence-electron chi connectivity index (χ4n) is 2.45. The SMILES string of the molecule is NC[C@@H]1CCN(C(=O)c2cn(-c3ccc(F)cc3)nn2)C1. The first kappa shape index (κ1) is 13.7. The molecule has 6 nitrogen and oxygen atoms in total. The van der Waals surface area contributed by atoms with E-state index in [0.29, 0.717) is 31.2 Å². The Labute approximate surface area is 121 Å². The second-order valence-electron chi connectivity index (χ2n) is 5.17. The molecule has 0 spiro atoms. The molecule has 2 N–H and O–H groups in total. The Hall–Kier alpha value is -2.28. The average Bonchev–Trinajstić information content (AvgIpc) is 3.16. The summed E-state index contributed by atoms with van der Waals surface area (Å²) in [5.41, 5.74) is 6.57. The zero-order valence-corrected chi connectivity index (χ0v) is 11.4. The van der Waals surface area contributed by atoms with Crippen LogP contribution >= 0.6 is 0 Å². The molecule has 2 heterocycles. The molecule has 7 heteroatoms. The highest BCUT2D eigenvalue weighted by molar-refractivity contribution is 5.92. The van der Waals surface area contributed by atoms with Crippen LogP contribution in [0.5, 0.6) is 0 Å². The number of hydrogen-bond acceptors (Lipinski definition) is 4. The van der Waals surface area contributed by atoms with Crippen LogP contribution in [0.1, 0.15) is 16.9 Å². The maximum absolute atomic E-state index is 12.9. The summed E-state index contributed by atoms with van der Waals surface area (Å²) in [4.78, 5) is 14.1. The topological polar surface area (TPSA) is 77.0 Å². The third kappa shape index (κ3) is 2.78. The molecule has 0 aliphatic carbocycles. The Morgan fingerprint density at radius 1 is 1.38 bits per heavy atom. The lowest BCUT2D eigenvalue weighted by Crippen LogP contribution is -2.30. The highest BCUT2D eigenvalue weighted by atomic mass is 19.1. The van der Waals surface area contributed by atoms with Crippen molar-refractivity contribution >= 4 is 5.91 Å². The van der Waals surface area contributed by atoms with Gasteiger partial charge in [-0.25, -0.2) is 9.07 Å². The number of amides is 1. The largest absolute Gasteiger partial charge is 0.337 e. The molecule has 0 radical (unpaired) electrons. The minimum Gasteiger partial charge on any atom is -0.337 e. The van der Waals surface area contributed by atoms with Gasteiger partial charge < -0.3 is 10.6 Å². The normalized spacial score (nSPS) is 18.2. The van der Waals surface area contributed by atoms with Gasteiger partial charge in [0.15, 0.2) is 5.69 Å². The zero-order chi connectivity index (χ0) is 14.8. The van der Waals surface area contributed by atoms with Gasteiger partial charge in [0.25, 0.3) is 5.91 Å². The molecule has 1 aromatic heterocycles. The summed E-state index contributed by atoms with van der Waals surface area (Å²) in [6.07, 6.45) is 2.49. The van der Waals surface area contributed by atoms with E-state index in [4.69, 9.17) is 5.73 Å². The van der Waals surface area contributed by atoms with E-state index in [-0.39, 0.29) is 17.4 Å². The number of nitrogens with zero attached hydrogens (tertiary/aromatic N) is 4. The predicted octanol–water partition coefficient (Wildman–Crippen LogP) is 0.827. The fraction of sp³-hybridized carbons (Fsp3) is 0.357. The molecular formula is C14H16FN5O. The number of likely N-dealkylation sites (tertiary alicyclic amines) is 1. The molecule has 21 heavy (non-hydrogen) atoms. The third-order valence-corrected chi connectivity index (χ3v) is 3.71. The van der Waals surface area contributed by atoms with Gasteiger partial charge in [-0.15, -0.1) is 5.10 Å².